The molecule has 4 nitrogen and oxygen atoms in total. The van der Waals surface area contributed by atoms with E-state index in [1.807, 2.05) is 30.3 Å². The van der Waals surface area contributed by atoms with Crippen molar-refractivity contribution in [3.8, 4) is 0 Å². The summed E-state index contributed by atoms with van der Waals surface area (Å²) in [6.45, 7) is 0. The molecule has 2 rings (SSSR count). The summed E-state index contributed by atoms with van der Waals surface area (Å²) in [5.74, 6) is -0.431. The van der Waals surface area contributed by atoms with Crippen molar-refractivity contribution in [3.05, 3.63) is 42.0 Å². The van der Waals surface area contributed by atoms with Crippen LogP contribution in [-0.2, 0) is 4.74 Å². The molecule has 18 heavy (non-hydrogen) atoms. The zero-order valence-corrected chi connectivity index (χ0v) is 10.6. The maximum atomic E-state index is 11.7. The van der Waals surface area contributed by atoms with Crippen molar-refractivity contribution in [1.29, 1.82) is 0 Å². The Hall–Kier alpha value is -2.14. The van der Waals surface area contributed by atoms with E-state index in [-0.39, 0.29) is 5.11 Å². The number of anilines is 1. The Morgan fingerprint density at radius 1 is 1.28 bits per heavy atom. The quantitative estimate of drug-likeness (QED) is 0.640. The molecule has 5 heteroatoms. The number of fused-ring (bicyclic) bond motifs is 1. The molecule has 0 amide bonds. The molecule has 2 aromatic rings. The van der Waals surface area contributed by atoms with Crippen LogP contribution in [0.5, 0.6) is 0 Å². The van der Waals surface area contributed by atoms with Crippen LogP contribution < -0.4 is 11.1 Å². The van der Waals surface area contributed by atoms with Gasteiger partial charge in [0.15, 0.2) is 5.11 Å². The summed E-state index contributed by atoms with van der Waals surface area (Å²) < 4.78 is 4.74. The second-order valence-electron chi connectivity index (χ2n) is 3.69. The lowest BCUT2D eigenvalue weighted by atomic mass is 10.0. The second-order valence-corrected chi connectivity index (χ2v) is 4.13. The van der Waals surface area contributed by atoms with Crippen LogP contribution in [0.15, 0.2) is 36.4 Å². The van der Waals surface area contributed by atoms with Crippen LogP contribution in [0.3, 0.4) is 0 Å². The van der Waals surface area contributed by atoms with Crippen LogP contribution >= 0.6 is 12.2 Å². The van der Waals surface area contributed by atoms with Gasteiger partial charge in [-0.3, -0.25) is 0 Å². The number of methoxy groups -OCH3 is 1. The molecule has 0 atom stereocenters. The lowest BCUT2D eigenvalue weighted by Crippen LogP contribution is -2.21. The van der Waals surface area contributed by atoms with Crippen LogP contribution in [0.2, 0.25) is 0 Å². The first-order valence-electron chi connectivity index (χ1n) is 5.30. The molecule has 0 fully saturated rings. The predicted octanol–water partition coefficient (Wildman–Crippen LogP) is 2.28. The van der Waals surface area contributed by atoms with Crippen LogP contribution in [0.4, 0.5) is 5.69 Å². The third-order valence-corrected chi connectivity index (χ3v) is 2.68. The van der Waals surface area contributed by atoms with Crippen molar-refractivity contribution in [2.75, 3.05) is 12.4 Å². The summed E-state index contributed by atoms with van der Waals surface area (Å²) in [4.78, 5) is 11.7. The largest absolute Gasteiger partial charge is 0.465 e. The zero-order valence-electron chi connectivity index (χ0n) is 9.77. The van der Waals surface area contributed by atoms with Gasteiger partial charge >= 0.3 is 5.97 Å². The highest BCUT2D eigenvalue weighted by atomic mass is 32.1. The lowest BCUT2D eigenvalue weighted by molar-refractivity contribution is 0.0602. The van der Waals surface area contributed by atoms with Crippen LogP contribution in [0, 0.1) is 0 Å². The number of carbonyl (C=O) groups excluding carboxylic acids is 1. The van der Waals surface area contributed by atoms with Crippen molar-refractivity contribution < 1.29 is 9.53 Å². The van der Waals surface area contributed by atoms with Gasteiger partial charge in [-0.2, -0.15) is 0 Å². The van der Waals surface area contributed by atoms with E-state index in [4.69, 9.17) is 22.7 Å². The molecule has 92 valence electrons. The van der Waals surface area contributed by atoms with Crippen molar-refractivity contribution in [1.82, 2.24) is 0 Å². The average molecular weight is 260 g/mol. The van der Waals surface area contributed by atoms with Crippen LogP contribution in [0.25, 0.3) is 10.8 Å². The summed E-state index contributed by atoms with van der Waals surface area (Å²) in [7, 11) is 1.34. The van der Waals surface area contributed by atoms with E-state index >= 15 is 0 Å². The number of nitrogens with two attached hydrogens (primary N) is 1. The maximum absolute atomic E-state index is 11.7. The highest BCUT2D eigenvalue weighted by molar-refractivity contribution is 7.80. The molecule has 0 bridgehead atoms. The first-order chi connectivity index (χ1) is 8.63. The molecule has 2 aromatic carbocycles. The second kappa shape index (κ2) is 5.01. The number of esters is 1. The van der Waals surface area contributed by atoms with Gasteiger partial charge in [-0.05, 0) is 23.7 Å². The molecular weight excluding hydrogens is 248 g/mol. The number of nitrogens with one attached hydrogen (secondary N) is 1. The first kappa shape index (κ1) is 12.3. The summed E-state index contributed by atoms with van der Waals surface area (Å²) in [6.07, 6.45) is 0. The molecule has 0 saturated heterocycles. The Morgan fingerprint density at radius 3 is 2.67 bits per heavy atom. The molecule has 0 saturated carbocycles. The number of ether oxygens (including phenoxy) is 1. The van der Waals surface area contributed by atoms with Gasteiger partial charge in [0.2, 0.25) is 0 Å². The number of thiocarbonyl (C=S) groups is 1. The Labute approximate surface area is 110 Å². The van der Waals surface area contributed by atoms with E-state index in [1.54, 1.807) is 6.07 Å². The zero-order chi connectivity index (χ0) is 13.1. The number of rotatable bonds is 2. The highest BCUT2D eigenvalue weighted by Crippen LogP contribution is 2.28. The van der Waals surface area contributed by atoms with E-state index in [0.29, 0.717) is 11.3 Å². The van der Waals surface area contributed by atoms with Gasteiger partial charge < -0.3 is 15.8 Å². The molecule has 0 aliphatic rings. The van der Waals surface area contributed by atoms with Gasteiger partial charge in [-0.1, -0.05) is 30.3 Å². The number of hydrogen-bond acceptors (Lipinski definition) is 3. The minimum absolute atomic E-state index is 0.108. The SMILES string of the molecule is COC(=O)c1ccc2ccccc2c1NC(N)=S. The monoisotopic (exact) mass is 260 g/mol. The van der Waals surface area contributed by atoms with E-state index in [0.717, 1.165) is 10.8 Å². The minimum Gasteiger partial charge on any atom is -0.465 e. The standard InChI is InChI=1S/C13H12N2O2S/c1-17-12(16)10-7-6-8-4-2-3-5-9(8)11(10)15-13(14)18/h2-7H,1H3,(H3,14,15,18). The van der Waals surface area contributed by atoms with Gasteiger partial charge in [0.05, 0.1) is 18.4 Å². The first-order valence-corrected chi connectivity index (χ1v) is 5.71. The summed E-state index contributed by atoms with van der Waals surface area (Å²) in [5.41, 5.74) is 6.48. The lowest BCUT2D eigenvalue weighted by Gasteiger charge is -2.12. The number of carbonyl (C=O) groups is 1. The minimum atomic E-state index is -0.431. The molecule has 0 spiro atoms. The molecule has 3 N–H and O–H groups in total. The molecule has 0 radical (unpaired) electrons. The van der Waals surface area contributed by atoms with Crippen molar-refractivity contribution in [3.63, 3.8) is 0 Å². The Morgan fingerprint density at radius 2 is 2.00 bits per heavy atom. The van der Waals surface area contributed by atoms with Gasteiger partial charge in [0, 0.05) is 5.39 Å². The molecule has 0 aromatic heterocycles. The van der Waals surface area contributed by atoms with E-state index in [1.165, 1.54) is 7.11 Å². The highest BCUT2D eigenvalue weighted by Gasteiger charge is 2.14. The fourth-order valence-electron chi connectivity index (χ4n) is 1.81. The molecule has 0 aliphatic heterocycles. The summed E-state index contributed by atoms with van der Waals surface area (Å²) in [6, 6.07) is 11.2. The van der Waals surface area contributed by atoms with Gasteiger partial charge in [-0.15, -0.1) is 0 Å². The fourth-order valence-corrected chi connectivity index (χ4v) is 1.91. The third-order valence-electron chi connectivity index (χ3n) is 2.58. The number of benzene rings is 2. The van der Waals surface area contributed by atoms with Crippen LogP contribution in [0.1, 0.15) is 10.4 Å². The van der Waals surface area contributed by atoms with Crippen molar-refractivity contribution in [2.24, 2.45) is 5.73 Å². The molecule has 0 heterocycles. The van der Waals surface area contributed by atoms with E-state index in [9.17, 15) is 4.79 Å². The average Bonchev–Trinajstić information content (AvgIpc) is 2.37. The Balaban J connectivity index is 2.70. The van der Waals surface area contributed by atoms with Gasteiger partial charge in [-0.25, -0.2) is 4.79 Å². The smallest absolute Gasteiger partial charge is 0.339 e. The molecule has 0 unspecified atom stereocenters. The molecular formula is C13H12N2O2S. The maximum Gasteiger partial charge on any atom is 0.339 e. The predicted molar refractivity (Wildman–Crippen MR) is 75.7 cm³/mol. The Bertz CT molecular complexity index is 625. The van der Waals surface area contributed by atoms with Gasteiger partial charge in [0.1, 0.15) is 0 Å². The molecule has 0 aliphatic carbocycles. The van der Waals surface area contributed by atoms with Crippen molar-refractivity contribution in [2.45, 2.75) is 0 Å². The summed E-state index contributed by atoms with van der Waals surface area (Å²) >= 11 is 4.84. The van der Waals surface area contributed by atoms with Crippen molar-refractivity contribution >= 4 is 39.8 Å². The normalized spacial score (nSPS) is 10.1. The fraction of sp³-hybridized carbons (Fsp3) is 0.0769. The van der Waals surface area contributed by atoms with E-state index in [2.05, 4.69) is 5.32 Å². The van der Waals surface area contributed by atoms with E-state index < -0.39 is 5.97 Å². The van der Waals surface area contributed by atoms with Gasteiger partial charge in [0.25, 0.3) is 0 Å². The number of hydrogen-bond donors (Lipinski definition) is 2. The topological polar surface area (TPSA) is 64.3 Å². The summed E-state index contributed by atoms with van der Waals surface area (Å²) in [5, 5.41) is 4.81. The van der Waals surface area contributed by atoms with Crippen LogP contribution in [-0.4, -0.2) is 18.2 Å². The Kier molecular flexibility index (Phi) is 3.43. The third kappa shape index (κ3) is 2.26.